The van der Waals surface area contributed by atoms with Crippen molar-refractivity contribution in [3.8, 4) is 0 Å². The van der Waals surface area contributed by atoms with Crippen LogP contribution in [0.2, 0.25) is 0 Å². The number of alkyl halides is 3. The summed E-state index contributed by atoms with van der Waals surface area (Å²) in [4.78, 5) is 4.36. The molecule has 2 aromatic heterocycles. The Labute approximate surface area is 156 Å². The zero-order chi connectivity index (χ0) is 20.2. The van der Waals surface area contributed by atoms with E-state index >= 15 is 0 Å². The van der Waals surface area contributed by atoms with Gasteiger partial charge in [0, 0.05) is 18.0 Å². The Hall–Kier alpha value is -1.68. The number of hydrogen-bond donors (Lipinski definition) is 0. The normalized spacial score (nSPS) is 20.3. The second-order valence-corrected chi connectivity index (χ2v) is 9.93. The van der Waals surface area contributed by atoms with Crippen molar-refractivity contribution in [2.45, 2.75) is 57.7 Å². The average molecular weight is 404 g/mol. The van der Waals surface area contributed by atoms with Crippen LogP contribution >= 0.6 is 0 Å². The summed E-state index contributed by atoms with van der Waals surface area (Å²) in [5.41, 5.74) is -0.814. The van der Waals surface area contributed by atoms with Crippen molar-refractivity contribution in [1.29, 1.82) is 0 Å². The lowest BCUT2D eigenvalue weighted by Crippen LogP contribution is -2.37. The third-order valence-corrected chi connectivity index (χ3v) is 6.02. The number of piperidine rings is 1. The van der Waals surface area contributed by atoms with Gasteiger partial charge < -0.3 is 0 Å². The molecule has 3 rings (SSSR count). The molecule has 1 fully saturated rings. The lowest BCUT2D eigenvalue weighted by atomic mass is 9.91. The van der Waals surface area contributed by atoms with E-state index in [9.17, 15) is 21.6 Å². The summed E-state index contributed by atoms with van der Waals surface area (Å²) in [5.74, 6) is 0. The van der Waals surface area contributed by atoms with E-state index in [4.69, 9.17) is 0 Å². The van der Waals surface area contributed by atoms with Crippen molar-refractivity contribution < 1.29 is 21.6 Å². The van der Waals surface area contributed by atoms with Gasteiger partial charge in [-0.2, -0.15) is 22.6 Å². The summed E-state index contributed by atoms with van der Waals surface area (Å²) in [6.45, 7) is 5.70. The van der Waals surface area contributed by atoms with Gasteiger partial charge in [-0.25, -0.2) is 17.9 Å². The molecule has 10 heteroatoms. The van der Waals surface area contributed by atoms with Crippen LogP contribution in [-0.2, 0) is 21.6 Å². The molecular weight excluding hydrogens is 381 g/mol. The fourth-order valence-electron chi connectivity index (χ4n) is 3.34. The molecule has 150 valence electrons. The molecule has 1 saturated heterocycles. The number of hydrogen-bond acceptors (Lipinski definition) is 4. The van der Waals surface area contributed by atoms with Gasteiger partial charge in [-0.3, -0.25) is 0 Å². The highest BCUT2D eigenvalue weighted by molar-refractivity contribution is 7.88. The minimum atomic E-state index is -4.60. The molecule has 0 radical (unpaired) electrons. The van der Waals surface area contributed by atoms with E-state index in [1.54, 1.807) is 20.8 Å². The van der Waals surface area contributed by atoms with E-state index < -0.39 is 33.4 Å². The topological polar surface area (TPSA) is 67.6 Å². The smallest absolute Gasteiger partial charge is 0.233 e. The van der Waals surface area contributed by atoms with Gasteiger partial charge in [-0.05, 0) is 18.9 Å². The highest BCUT2D eigenvalue weighted by Crippen LogP contribution is 2.36. The molecule has 0 amide bonds. The standard InChI is InChI=1S/C17H23F3N4O2S/c1-16(2,3)13-10-14(17(18,19)20)24-15(21-13)9-11(22-24)12-7-5-6-8-23(12)27(4,25)26/h9-10,12H,5-8H2,1-4H3/t12-/m0/s1. The Balaban J connectivity index is 2.19. The SMILES string of the molecule is CC(C)(C)c1cc(C(F)(F)F)n2nc([C@@H]3CCCCN3S(C)(=O)=O)cc2n1. The summed E-state index contributed by atoms with van der Waals surface area (Å²) in [7, 11) is -3.49. The van der Waals surface area contributed by atoms with Crippen LogP contribution in [0.3, 0.4) is 0 Å². The fraction of sp³-hybridized carbons (Fsp3) is 0.647. The molecule has 27 heavy (non-hydrogen) atoms. The number of sulfonamides is 1. The van der Waals surface area contributed by atoms with E-state index in [0.29, 0.717) is 24.4 Å². The minimum Gasteiger partial charge on any atom is -0.233 e. The molecule has 0 N–H and O–H groups in total. The molecule has 0 aromatic carbocycles. The molecule has 0 aliphatic carbocycles. The van der Waals surface area contributed by atoms with Crippen LogP contribution in [0.5, 0.6) is 0 Å². The maximum atomic E-state index is 13.6. The quantitative estimate of drug-likeness (QED) is 0.768. The third kappa shape index (κ3) is 3.96. The third-order valence-electron chi connectivity index (χ3n) is 4.73. The average Bonchev–Trinajstić information content (AvgIpc) is 2.95. The van der Waals surface area contributed by atoms with Gasteiger partial charge in [0.15, 0.2) is 5.65 Å². The molecule has 1 atom stereocenters. The first-order valence-electron chi connectivity index (χ1n) is 8.74. The van der Waals surface area contributed by atoms with Gasteiger partial charge in [0.25, 0.3) is 0 Å². The van der Waals surface area contributed by atoms with Crippen molar-refractivity contribution in [3.63, 3.8) is 0 Å². The first-order chi connectivity index (χ1) is 12.3. The highest BCUT2D eigenvalue weighted by atomic mass is 32.2. The lowest BCUT2D eigenvalue weighted by molar-refractivity contribution is -0.142. The van der Waals surface area contributed by atoms with Crippen LogP contribution in [-0.4, -0.2) is 40.1 Å². The van der Waals surface area contributed by atoms with E-state index in [1.807, 2.05) is 0 Å². The van der Waals surface area contributed by atoms with Crippen molar-refractivity contribution in [2.75, 3.05) is 12.8 Å². The molecular formula is C17H23F3N4O2S. The fourth-order valence-corrected chi connectivity index (χ4v) is 4.48. The lowest BCUT2D eigenvalue weighted by Gasteiger charge is -2.32. The Morgan fingerprint density at radius 1 is 1.15 bits per heavy atom. The van der Waals surface area contributed by atoms with Crippen molar-refractivity contribution in [1.82, 2.24) is 18.9 Å². The van der Waals surface area contributed by atoms with Crippen molar-refractivity contribution >= 4 is 15.7 Å². The second-order valence-electron chi connectivity index (χ2n) is 8.00. The molecule has 0 unspecified atom stereocenters. The predicted molar refractivity (Wildman–Crippen MR) is 94.8 cm³/mol. The number of halogens is 3. The summed E-state index contributed by atoms with van der Waals surface area (Å²) in [5, 5.41) is 4.12. The Morgan fingerprint density at radius 2 is 1.81 bits per heavy atom. The summed E-state index contributed by atoms with van der Waals surface area (Å²) in [6.07, 6.45) is -1.47. The summed E-state index contributed by atoms with van der Waals surface area (Å²) in [6, 6.07) is 1.91. The number of rotatable bonds is 2. The van der Waals surface area contributed by atoms with Gasteiger partial charge in [-0.1, -0.05) is 27.2 Å². The van der Waals surface area contributed by atoms with Crippen LogP contribution in [0.4, 0.5) is 13.2 Å². The molecule has 0 bridgehead atoms. The minimum absolute atomic E-state index is 0.0729. The first-order valence-corrected chi connectivity index (χ1v) is 10.6. The molecule has 0 saturated carbocycles. The molecule has 1 aliphatic heterocycles. The second kappa shape index (κ2) is 6.44. The van der Waals surface area contributed by atoms with E-state index in [1.165, 1.54) is 10.4 Å². The molecule has 6 nitrogen and oxygen atoms in total. The van der Waals surface area contributed by atoms with Crippen LogP contribution in [0.25, 0.3) is 5.65 Å². The van der Waals surface area contributed by atoms with Gasteiger partial charge in [0.1, 0.15) is 5.69 Å². The van der Waals surface area contributed by atoms with Gasteiger partial charge in [0.2, 0.25) is 10.0 Å². The molecule has 2 aromatic rings. The van der Waals surface area contributed by atoms with E-state index in [0.717, 1.165) is 29.7 Å². The summed E-state index contributed by atoms with van der Waals surface area (Å²) < 4.78 is 67.1. The molecule has 1 aliphatic rings. The predicted octanol–water partition coefficient (Wildman–Crippen LogP) is 3.53. The Bertz CT molecular complexity index is 961. The zero-order valence-corrected chi connectivity index (χ0v) is 16.5. The maximum Gasteiger partial charge on any atom is 0.433 e. The highest BCUT2D eigenvalue weighted by Gasteiger charge is 2.38. The number of fused-ring (bicyclic) bond motifs is 1. The van der Waals surface area contributed by atoms with Crippen LogP contribution in [0.15, 0.2) is 12.1 Å². The van der Waals surface area contributed by atoms with E-state index in [2.05, 4.69) is 10.1 Å². The summed E-state index contributed by atoms with van der Waals surface area (Å²) >= 11 is 0. The first kappa shape index (κ1) is 20.1. The molecule has 0 spiro atoms. The van der Waals surface area contributed by atoms with Gasteiger partial charge in [-0.15, -0.1) is 0 Å². The Morgan fingerprint density at radius 3 is 2.37 bits per heavy atom. The van der Waals surface area contributed by atoms with Gasteiger partial charge >= 0.3 is 6.18 Å². The van der Waals surface area contributed by atoms with Crippen LogP contribution in [0.1, 0.15) is 63.2 Å². The molecule has 3 heterocycles. The Kier molecular flexibility index (Phi) is 4.79. The van der Waals surface area contributed by atoms with Crippen LogP contribution < -0.4 is 0 Å². The number of aromatic nitrogens is 3. The van der Waals surface area contributed by atoms with Gasteiger partial charge in [0.05, 0.1) is 23.7 Å². The van der Waals surface area contributed by atoms with E-state index in [-0.39, 0.29) is 5.65 Å². The monoisotopic (exact) mass is 404 g/mol. The van der Waals surface area contributed by atoms with Crippen molar-refractivity contribution in [3.05, 3.63) is 29.2 Å². The zero-order valence-electron chi connectivity index (χ0n) is 15.7. The maximum absolute atomic E-state index is 13.6. The van der Waals surface area contributed by atoms with Crippen LogP contribution in [0, 0.1) is 0 Å². The van der Waals surface area contributed by atoms with Crippen molar-refractivity contribution in [2.24, 2.45) is 0 Å². The number of nitrogens with zero attached hydrogens (tertiary/aromatic N) is 4. The largest absolute Gasteiger partial charge is 0.433 e.